The number of carboxylic acids is 1. The number of hydrogen-bond acceptors (Lipinski definition) is 3. The highest BCUT2D eigenvalue weighted by Crippen LogP contribution is 2.24. The van der Waals surface area contributed by atoms with Crippen molar-refractivity contribution in [3.05, 3.63) is 16.5 Å². The number of rotatable bonds is 1. The van der Waals surface area contributed by atoms with Crippen molar-refractivity contribution in [3.63, 3.8) is 0 Å². The van der Waals surface area contributed by atoms with Gasteiger partial charge in [0.25, 0.3) is 0 Å². The summed E-state index contributed by atoms with van der Waals surface area (Å²) in [6.07, 6.45) is 1.23. The van der Waals surface area contributed by atoms with E-state index in [1.807, 2.05) is 13.8 Å². The Hall–Kier alpha value is -0.970. The van der Waals surface area contributed by atoms with Crippen LogP contribution in [0.4, 0.5) is 5.69 Å². The third-order valence-electron chi connectivity index (χ3n) is 0.976. The minimum Gasteiger partial charge on any atom is -0.475 e. The molecule has 0 unspecified atom stereocenters. The van der Waals surface area contributed by atoms with Gasteiger partial charge in [-0.1, -0.05) is 13.8 Å². The number of nitrogen functional groups attached to an aromatic ring is 1. The van der Waals surface area contributed by atoms with Crippen molar-refractivity contribution in [2.75, 3.05) is 5.73 Å². The van der Waals surface area contributed by atoms with Gasteiger partial charge in [-0.2, -0.15) is 0 Å². The number of carboxylic acid groups (broad SMARTS) is 1. The molecule has 5 heteroatoms. The molecule has 0 saturated heterocycles. The van der Waals surface area contributed by atoms with Crippen LogP contribution >= 0.6 is 15.9 Å². The average molecular weight is 236 g/mol. The maximum atomic E-state index is 10.2. The Morgan fingerprint density at radius 2 is 2.17 bits per heavy atom. The van der Waals surface area contributed by atoms with Gasteiger partial charge in [0.1, 0.15) is 12.0 Å². The van der Waals surface area contributed by atoms with Gasteiger partial charge in [-0.3, -0.25) is 0 Å². The average Bonchev–Trinajstić information content (AvgIpc) is 2.37. The van der Waals surface area contributed by atoms with E-state index in [0.29, 0.717) is 4.47 Å². The van der Waals surface area contributed by atoms with E-state index < -0.39 is 5.97 Å². The van der Waals surface area contributed by atoms with E-state index in [2.05, 4.69) is 20.3 Å². The fraction of sp³-hybridized carbons (Fsp3) is 0.286. The molecule has 0 aliphatic carbocycles. The van der Waals surface area contributed by atoms with Crippen LogP contribution < -0.4 is 5.73 Å². The van der Waals surface area contributed by atoms with E-state index in [1.165, 1.54) is 6.26 Å². The van der Waals surface area contributed by atoms with Crippen molar-refractivity contribution in [3.8, 4) is 0 Å². The smallest absolute Gasteiger partial charge is 0.374 e. The molecule has 0 spiro atoms. The second-order valence-electron chi connectivity index (χ2n) is 1.63. The lowest BCUT2D eigenvalue weighted by Gasteiger charge is -1.87. The zero-order valence-corrected chi connectivity index (χ0v) is 8.38. The highest BCUT2D eigenvalue weighted by molar-refractivity contribution is 9.10. The van der Waals surface area contributed by atoms with Crippen LogP contribution in [0, 0.1) is 0 Å². The van der Waals surface area contributed by atoms with E-state index in [1.54, 1.807) is 0 Å². The number of nitrogens with two attached hydrogens (primary N) is 1. The van der Waals surface area contributed by atoms with Crippen LogP contribution in [0.1, 0.15) is 24.4 Å². The van der Waals surface area contributed by atoms with Gasteiger partial charge in [0.05, 0.1) is 4.47 Å². The largest absolute Gasteiger partial charge is 0.475 e. The molecule has 0 amide bonds. The molecule has 0 saturated carbocycles. The maximum Gasteiger partial charge on any atom is 0.374 e. The predicted molar refractivity (Wildman–Crippen MR) is 49.1 cm³/mol. The number of anilines is 1. The summed E-state index contributed by atoms with van der Waals surface area (Å²) in [6.45, 7) is 4.00. The molecular formula is C7H10BrNO3. The molecule has 0 atom stereocenters. The summed E-state index contributed by atoms with van der Waals surface area (Å²) in [6, 6.07) is 0. The summed E-state index contributed by atoms with van der Waals surface area (Å²) >= 11 is 3.00. The Balaban J connectivity index is 0.000000561. The van der Waals surface area contributed by atoms with Crippen LogP contribution in [0.5, 0.6) is 0 Å². The lowest BCUT2D eigenvalue weighted by molar-refractivity contribution is 0.0664. The second-order valence-corrected chi connectivity index (χ2v) is 2.49. The summed E-state index contributed by atoms with van der Waals surface area (Å²) in [5, 5.41) is 8.38. The zero-order chi connectivity index (χ0) is 9.72. The lowest BCUT2D eigenvalue weighted by atomic mass is 10.4. The molecule has 4 nitrogen and oxygen atoms in total. The molecule has 12 heavy (non-hydrogen) atoms. The van der Waals surface area contributed by atoms with Gasteiger partial charge in [-0.15, -0.1) is 0 Å². The Morgan fingerprint density at radius 3 is 2.33 bits per heavy atom. The monoisotopic (exact) mass is 235 g/mol. The summed E-state index contributed by atoms with van der Waals surface area (Å²) in [7, 11) is 0. The van der Waals surface area contributed by atoms with Crippen LogP contribution in [0.2, 0.25) is 0 Å². The first-order chi connectivity index (χ1) is 5.63. The molecule has 3 N–H and O–H groups in total. The van der Waals surface area contributed by atoms with Crippen molar-refractivity contribution in [1.29, 1.82) is 0 Å². The third-order valence-corrected chi connectivity index (χ3v) is 1.59. The highest BCUT2D eigenvalue weighted by Gasteiger charge is 2.14. The molecule has 1 aromatic heterocycles. The summed E-state index contributed by atoms with van der Waals surface area (Å²) < 4.78 is 5.05. The minimum absolute atomic E-state index is 0.118. The van der Waals surface area contributed by atoms with Gasteiger partial charge in [0.15, 0.2) is 0 Å². The minimum atomic E-state index is -1.16. The van der Waals surface area contributed by atoms with Crippen molar-refractivity contribution < 1.29 is 14.3 Å². The van der Waals surface area contributed by atoms with Crippen LogP contribution in [0.25, 0.3) is 0 Å². The Kier molecular flexibility index (Phi) is 4.43. The predicted octanol–water partition coefficient (Wildman–Crippen LogP) is 2.35. The maximum absolute atomic E-state index is 10.2. The van der Waals surface area contributed by atoms with E-state index in [0.717, 1.165) is 0 Å². The van der Waals surface area contributed by atoms with Crippen LogP contribution in [-0.4, -0.2) is 11.1 Å². The van der Waals surface area contributed by atoms with E-state index >= 15 is 0 Å². The molecular weight excluding hydrogens is 226 g/mol. The number of carbonyl (C=O) groups is 1. The topological polar surface area (TPSA) is 76.5 Å². The first kappa shape index (κ1) is 11.0. The van der Waals surface area contributed by atoms with Crippen molar-refractivity contribution >= 4 is 27.6 Å². The van der Waals surface area contributed by atoms with Crippen molar-refractivity contribution in [2.24, 2.45) is 0 Å². The van der Waals surface area contributed by atoms with Gasteiger partial charge in [-0.05, 0) is 15.9 Å². The first-order valence-corrected chi connectivity index (χ1v) is 4.18. The molecule has 1 aromatic rings. The molecule has 0 aliphatic heterocycles. The standard InChI is InChI=1S/C5H4BrNO3.C2H6/c6-2-1-10-4(3(2)7)5(8)9;1-2/h1H,7H2,(H,8,9);1-2H3. The van der Waals surface area contributed by atoms with Gasteiger partial charge < -0.3 is 15.3 Å². The fourth-order valence-electron chi connectivity index (χ4n) is 0.512. The number of hydrogen-bond donors (Lipinski definition) is 2. The van der Waals surface area contributed by atoms with Crippen molar-refractivity contribution in [1.82, 2.24) is 0 Å². The van der Waals surface area contributed by atoms with Gasteiger partial charge >= 0.3 is 5.97 Å². The number of halogens is 1. The molecule has 0 aromatic carbocycles. The molecule has 0 aliphatic rings. The first-order valence-electron chi connectivity index (χ1n) is 3.38. The zero-order valence-electron chi connectivity index (χ0n) is 6.80. The molecule has 1 heterocycles. The summed E-state index contributed by atoms with van der Waals surface area (Å²) in [5.74, 6) is -1.39. The summed E-state index contributed by atoms with van der Waals surface area (Å²) in [5.41, 5.74) is 5.40. The highest BCUT2D eigenvalue weighted by atomic mass is 79.9. The quantitative estimate of drug-likeness (QED) is 0.784. The molecule has 1 rings (SSSR count). The lowest BCUT2D eigenvalue weighted by Crippen LogP contribution is -1.98. The molecule has 68 valence electrons. The normalized spacial score (nSPS) is 8.58. The van der Waals surface area contributed by atoms with E-state index in [9.17, 15) is 4.79 Å². The second kappa shape index (κ2) is 4.82. The van der Waals surface area contributed by atoms with E-state index in [-0.39, 0.29) is 11.4 Å². The van der Waals surface area contributed by atoms with Crippen LogP contribution in [0.15, 0.2) is 15.2 Å². The van der Waals surface area contributed by atoms with Gasteiger partial charge in [0.2, 0.25) is 5.76 Å². The molecule has 0 fully saturated rings. The number of furan rings is 1. The Morgan fingerprint density at radius 1 is 1.67 bits per heavy atom. The molecule has 0 bridgehead atoms. The summed E-state index contributed by atoms with van der Waals surface area (Å²) in [4.78, 5) is 10.2. The van der Waals surface area contributed by atoms with Gasteiger partial charge in [0, 0.05) is 0 Å². The Bertz CT molecular complexity index is 270. The molecule has 0 radical (unpaired) electrons. The van der Waals surface area contributed by atoms with E-state index in [4.69, 9.17) is 10.8 Å². The van der Waals surface area contributed by atoms with Crippen molar-refractivity contribution in [2.45, 2.75) is 13.8 Å². The third kappa shape index (κ3) is 2.27. The number of aromatic carboxylic acids is 1. The van der Waals surface area contributed by atoms with Crippen LogP contribution in [-0.2, 0) is 0 Å². The SMILES string of the molecule is CC.Nc1c(Br)coc1C(=O)O. The van der Waals surface area contributed by atoms with Gasteiger partial charge in [-0.25, -0.2) is 4.79 Å². The fourth-order valence-corrected chi connectivity index (χ4v) is 0.785. The van der Waals surface area contributed by atoms with Crippen LogP contribution in [0.3, 0.4) is 0 Å². The Labute approximate surface area is 78.5 Å².